The second-order valence-electron chi connectivity index (χ2n) is 7.40. The largest absolute Gasteiger partial charge is 0.351 e. The van der Waals surface area contributed by atoms with Crippen LogP contribution in [0.5, 0.6) is 0 Å². The predicted octanol–water partition coefficient (Wildman–Crippen LogP) is 4.81. The molecular formula is C22H27ClN2O2S. The van der Waals surface area contributed by atoms with Crippen molar-refractivity contribution in [3.05, 3.63) is 57.8 Å². The van der Waals surface area contributed by atoms with E-state index in [1.54, 1.807) is 4.90 Å². The van der Waals surface area contributed by atoms with E-state index < -0.39 is 6.04 Å². The second-order valence-corrected chi connectivity index (χ2v) is 8.65. The molecule has 1 atom stereocenters. The van der Waals surface area contributed by atoms with Gasteiger partial charge in [-0.3, -0.25) is 9.59 Å². The zero-order valence-electron chi connectivity index (χ0n) is 16.2. The van der Waals surface area contributed by atoms with Gasteiger partial charge in [-0.2, -0.15) is 0 Å². The quantitative estimate of drug-likeness (QED) is 0.655. The Morgan fingerprint density at radius 2 is 1.89 bits per heavy atom. The Hall–Kier alpha value is -1.85. The van der Waals surface area contributed by atoms with Crippen LogP contribution in [0.3, 0.4) is 0 Å². The van der Waals surface area contributed by atoms with Gasteiger partial charge in [-0.25, -0.2) is 0 Å². The molecule has 1 heterocycles. The van der Waals surface area contributed by atoms with Crippen molar-refractivity contribution in [1.82, 2.24) is 10.2 Å². The zero-order chi connectivity index (χ0) is 19.9. The van der Waals surface area contributed by atoms with E-state index in [4.69, 9.17) is 11.6 Å². The van der Waals surface area contributed by atoms with E-state index in [1.807, 2.05) is 48.7 Å². The monoisotopic (exact) mass is 418 g/mol. The number of rotatable bonds is 7. The van der Waals surface area contributed by atoms with E-state index in [0.29, 0.717) is 6.54 Å². The number of nitrogens with one attached hydrogen (secondary N) is 1. The summed E-state index contributed by atoms with van der Waals surface area (Å²) in [7, 11) is 0. The molecule has 1 aromatic heterocycles. The highest BCUT2D eigenvalue weighted by molar-refractivity contribution is 7.10. The summed E-state index contributed by atoms with van der Waals surface area (Å²) in [6.07, 6.45) is 5.52. The van der Waals surface area contributed by atoms with Crippen LogP contribution in [0, 0.1) is 6.92 Å². The Morgan fingerprint density at radius 3 is 2.50 bits per heavy atom. The van der Waals surface area contributed by atoms with Crippen molar-refractivity contribution in [3.8, 4) is 0 Å². The van der Waals surface area contributed by atoms with E-state index in [9.17, 15) is 9.59 Å². The fourth-order valence-corrected chi connectivity index (χ4v) is 4.68. The lowest BCUT2D eigenvalue weighted by Crippen LogP contribution is -2.47. The lowest BCUT2D eigenvalue weighted by atomic mass is 9.95. The summed E-state index contributed by atoms with van der Waals surface area (Å²) in [5.41, 5.74) is 2.14. The van der Waals surface area contributed by atoms with Crippen molar-refractivity contribution in [3.63, 3.8) is 0 Å². The highest BCUT2D eigenvalue weighted by Crippen LogP contribution is 2.29. The van der Waals surface area contributed by atoms with Crippen LogP contribution >= 0.6 is 22.9 Å². The Bertz CT molecular complexity index is 770. The summed E-state index contributed by atoms with van der Waals surface area (Å²) < 4.78 is 0. The van der Waals surface area contributed by atoms with Crippen molar-refractivity contribution in [2.24, 2.45) is 0 Å². The van der Waals surface area contributed by atoms with E-state index in [2.05, 4.69) is 5.32 Å². The first kappa shape index (κ1) is 20.9. The fourth-order valence-electron chi connectivity index (χ4n) is 3.69. The third kappa shape index (κ3) is 5.36. The van der Waals surface area contributed by atoms with Crippen LogP contribution in [0.25, 0.3) is 0 Å². The van der Waals surface area contributed by atoms with Crippen LogP contribution in [-0.4, -0.2) is 28.6 Å². The Morgan fingerprint density at radius 1 is 1.18 bits per heavy atom. The van der Waals surface area contributed by atoms with Gasteiger partial charge in [-0.15, -0.1) is 22.9 Å². The number of aryl methyl sites for hydroxylation is 1. The van der Waals surface area contributed by atoms with Gasteiger partial charge in [0.2, 0.25) is 11.8 Å². The first-order valence-electron chi connectivity index (χ1n) is 9.83. The van der Waals surface area contributed by atoms with Gasteiger partial charge in [0, 0.05) is 17.5 Å². The number of amides is 2. The maximum atomic E-state index is 13.3. The van der Waals surface area contributed by atoms with Crippen molar-refractivity contribution in [2.45, 2.75) is 57.7 Å². The standard InChI is InChI=1S/C22H27ClN2O2S/c1-16-9-11-17(12-10-16)15-25(20(26)14-23)21(19-8-5-13-28-19)22(27)24-18-6-3-2-4-7-18/h5,8-13,18,21H,2-4,6-7,14-15H2,1H3,(H,24,27)/t21-/m1/s1. The van der Waals surface area contributed by atoms with Gasteiger partial charge in [-0.05, 0) is 36.8 Å². The minimum atomic E-state index is -0.658. The number of thiophene rings is 1. The molecule has 3 rings (SSSR count). The Balaban J connectivity index is 1.86. The fraction of sp³-hybridized carbons (Fsp3) is 0.455. The van der Waals surface area contributed by atoms with Crippen LogP contribution in [0.4, 0.5) is 0 Å². The molecule has 1 aliphatic carbocycles. The molecule has 0 aliphatic heterocycles. The zero-order valence-corrected chi connectivity index (χ0v) is 17.8. The van der Waals surface area contributed by atoms with E-state index in [-0.39, 0.29) is 23.7 Å². The summed E-state index contributed by atoms with van der Waals surface area (Å²) in [4.78, 5) is 28.5. The minimum absolute atomic E-state index is 0.111. The molecule has 1 aliphatic rings. The molecule has 1 saturated carbocycles. The molecule has 4 nitrogen and oxygen atoms in total. The number of hydrogen-bond acceptors (Lipinski definition) is 3. The predicted molar refractivity (Wildman–Crippen MR) is 115 cm³/mol. The van der Waals surface area contributed by atoms with Crippen LogP contribution in [0.15, 0.2) is 41.8 Å². The Kier molecular flexibility index (Phi) is 7.51. The highest BCUT2D eigenvalue weighted by atomic mass is 35.5. The molecule has 6 heteroatoms. The summed E-state index contributed by atoms with van der Waals surface area (Å²) in [5, 5.41) is 5.13. The van der Waals surface area contributed by atoms with Crippen molar-refractivity contribution in [2.75, 3.05) is 5.88 Å². The van der Waals surface area contributed by atoms with Gasteiger partial charge < -0.3 is 10.2 Å². The average molecular weight is 419 g/mol. The van der Waals surface area contributed by atoms with Crippen LogP contribution in [0.2, 0.25) is 0 Å². The lowest BCUT2D eigenvalue weighted by molar-refractivity contribution is -0.140. The third-order valence-corrected chi connectivity index (χ3v) is 6.39. The van der Waals surface area contributed by atoms with Gasteiger partial charge in [0.25, 0.3) is 0 Å². The molecule has 1 N–H and O–H groups in total. The number of hydrogen-bond donors (Lipinski definition) is 1. The summed E-state index contributed by atoms with van der Waals surface area (Å²) >= 11 is 7.41. The van der Waals surface area contributed by atoms with Gasteiger partial charge in [0.05, 0.1) is 0 Å². The molecule has 150 valence electrons. The van der Waals surface area contributed by atoms with Gasteiger partial charge in [0.1, 0.15) is 11.9 Å². The van der Waals surface area contributed by atoms with Crippen LogP contribution in [0.1, 0.15) is 54.1 Å². The van der Waals surface area contributed by atoms with E-state index in [0.717, 1.165) is 41.7 Å². The number of nitrogens with zero attached hydrogens (tertiary/aromatic N) is 1. The third-order valence-electron chi connectivity index (χ3n) is 5.23. The first-order chi connectivity index (χ1) is 13.6. The molecule has 0 bridgehead atoms. The molecular weight excluding hydrogens is 392 g/mol. The van der Waals surface area contributed by atoms with Crippen LogP contribution in [-0.2, 0) is 16.1 Å². The molecule has 2 amide bonds. The SMILES string of the molecule is Cc1ccc(CN(C(=O)CCl)[C@@H](C(=O)NC2CCCCC2)c2cccs2)cc1. The summed E-state index contributed by atoms with van der Waals surface area (Å²) in [5.74, 6) is -0.496. The topological polar surface area (TPSA) is 49.4 Å². The van der Waals surface area contributed by atoms with Crippen molar-refractivity contribution < 1.29 is 9.59 Å². The normalized spacial score (nSPS) is 15.8. The smallest absolute Gasteiger partial charge is 0.248 e. The number of alkyl halides is 1. The van der Waals surface area contributed by atoms with Gasteiger partial charge in [0.15, 0.2) is 0 Å². The van der Waals surface area contributed by atoms with Crippen molar-refractivity contribution >= 4 is 34.8 Å². The maximum Gasteiger partial charge on any atom is 0.248 e. The summed E-state index contributed by atoms with van der Waals surface area (Å²) in [6, 6.07) is 11.4. The number of carbonyl (C=O) groups excluding carboxylic acids is 2. The van der Waals surface area contributed by atoms with E-state index >= 15 is 0 Å². The lowest BCUT2D eigenvalue weighted by Gasteiger charge is -2.32. The highest BCUT2D eigenvalue weighted by Gasteiger charge is 2.33. The Labute approximate surface area is 175 Å². The molecule has 0 unspecified atom stereocenters. The molecule has 1 fully saturated rings. The maximum absolute atomic E-state index is 13.3. The molecule has 2 aromatic rings. The summed E-state index contributed by atoms with van der Waals surface area (Å²) in [6.45, 7) is 2.38. The minimum Gasteiger partial charge on any atom is -0.351 e. The molecule has 0 saturated heterocycles. The van der Waals surface area contributed by atoms with Crippen molar-refractivity contribution in [1.29, 1.82) is 0 Å². The first-order valence-corrected chi connectivity index (χ1v) is 11.2. The number of benzene rings is 1. The van der Waals surface area contributed by atoms with Gasteiger partial charge >= 0.3 is 0 Å². The average Bonchev–Trinajstić information content (AvgIpc) is 3.23. The molecule has 1 aromatic carbocycles. The van der Waals surface area contributed by atoms with Crippen LogP contribution < -0.4 is 5.32 Å². The second kappa shape index (κ2) is 10.1. The molecule has 0 spiro atoms. The van der Waals surface area contributed by atoms with E-state index in [1.165, 1.54) is 17.8 Å². The number of halogens is 1. The number of carbonyl (C=O) groups is 2. The van der Waals surface area contributed by atoms with Gasteiger partial charge in [-0.1, -0.05) is 55.2 Å². The molecule has 0 radical (unpaired) electrons. The molecule has 28 heavy (non-hydrogen) atoms.